The van der Waals surface area contributed by atoms with Crippen molar-refractivity contribution >= 4 is 16.0 Å². The molecule has 4 aliphatic rings. The van der Waals surface area contributed by atoms with Crippen LogP contribution in [0.15, 0.2) is 0 Å². The van der Waals surface area contributed by atoms with Crippen molar-refractivity contribution in [1.29, 1.82) is 0 Å². The Morgan fingerprint density at radius 3 is 2.33 bits per heavy atom. The predicted octanol–water partition coefficient (Wildman–Crippen LogP) is 5.31. The molecule has 4 saturated carbocycles. The lowest BCUT2D eigenvalue weighted by molar-refractivity contribution is -0.152. The second-order valence-corrected chi connectivity index (χ2v) is 15.3. The van der Waals surface area contributed by atoms with E-state index in [1.165, 1.54) is 44.9 Å². The normalized spacial score (nSPS) is 44.1. The summed E-state index contributed by atoms with van der Waals surface area (Å²) >= 11 is 0. The third-order valence-electron chi connectivity index (χ3n) is 11.9. The highest BCUT2D eigenvalue weighted by Crippen LogP contribution is 2.69. The number of rotatable bonds is 8. The fraction of sp³-hybridized carbons (Fsp3) is 0.966. The van der Waals surface area contributed by atoms with Gasteiger partial charge < -0.3 is 10.4 Å². The number of nitrogens with one attached hydrogen (secondary N) is 1. The van der Waals surface area contributed by atoms with Crippen LogP contribution in [0.2, 0.25) is 0 Å². The molecule has 0 saturated heterocycles. The van der Waals surface area contributed by atoms with Crippen molar-refractivity contribution in [3.8, 4) is 0 Å². The molecular formula is C29H51NO5S. The van der Waals surface area contributed by atoms with E-state index in [0.717, 1.165) is 42.9 Å². The van der Waals surface area contributed by atoms with Gasteiger partial charge in [-0.05, 0) is 110 Å². The zero-order chi connectivity index (χ0) is 26.5. The third kappa shape index (κ3) is 5.27. The van der Waals surface area contributed by atoms with Crippen molar-refractivity contribution in [2.45, 2.75) is 105 Å². The largest absolute Gasteiger partial charge is 0.393 e. The molecule has 4 aliphatic carbocycles. The molecule has 0 aromatic rings. The van der Waals surface area contributed by atoms with Crippen LogP contribution >= 0.6 is 0 Å². The molecule has 0 radical (unpaired) electrons. The minimum absolute atomic E-state index is 0.0436. The summed E-state index contributed by atoms with van der Waals surface area (Å²) in [4.78, 5) is 12.6. The van der Waals surface area contributed by atoms with Crippen LogP contribution in [0.3, 0.4) is 0 Å². The lowest BCUT2D eigenvalue weighted by Gasteiger charge is -2.63. The second-order valence-electron chi connectivity index (χ2n) is 13.7. The molecule has 4 rings (SSSR count). The van der Waals surface area contributed by atoms with Gasteiger partial charge in [0.1, 0.15) is 0 Å². The first kappa shape index (κ1) is 28.4. The summed E-state index contributed by atoms with van der Waals surface area (Å²) in [5.41, 5.74) is 0.708. The van der Waals surface area contributed by atoms with E-state index in [1.54, 1.807) is 0 Å². The first-order valence-electron chi connectivity index (χ1n) is 14.7. The number of amides is 1. The van der Waals surface area contributed by atoms with Crippen molar-refractivity contribution in [3.63, 3.8) is 0 Å². The lowest BCUT2D eigenvalue weighted by Crippen LogP contribution is -2.56. The van der Waals surface area contributed by atoms with Gasteiger partial charge in [-0.3, -0.25) is 9.35 Å². The number of hydrogen-bond acceptors (Lipinski definition) is 4. The maximum absolute atomic E-state index is 12.6. The summed E-state index contributed by atoms with van der Waals surface area (Å²) in [6.45, 7) is 11.7. The number of carbonyl (C=O) groups is 1. The van der Waals surface area contributed by atoms with Crippen LogP contribution in [0, 0.1) is 58.2 Å². The van der Waals surface area contributed by atoms with Crippen molar-refractivity contribution in [1.82, 2.24) is 5.32 Å². The average Bonchev–Trinajstić information content (AvgIpc) is 3.15. The van der Waals surface area contributed by atoms with Crippen LogP contribution in [0.5, 0.6) is 0 Å². The number of aliphatic hydroxyl groups is 1. The Kier molecular flexibility index (Phi) is 8.26. The van der Waals surface area contributed by atoms with Crippen LogP contribution in [0.25, 0.3) is 0 Å². The van der Waals surface area contributed by atoms with Crippen molar-refractivity contribution in [2.75, 3.05) is 12.3 Å². The topological polar surface area (TPSA) is 104 Å². The molecule has 0 aromatic carbocycles. The standard InChI is InChI=1S/C29H51NO5S/c1-6-20-16-22-24-8-7-23(18(2)15-19(3)27(32)30-13-14-36(33,34)35)28(24,4)12-10-25(22)29(5)11-9-21(31)17-26(20)29/h18-26,31H,6-17H2,1-5H3,(H,30,32)(H,33,34,35)/t18-,19?,20+,21-,22?,23-,24?,25?,26?,28-,29-/m1/s1. The summed E-state index contributed by atoms with van der Waals surface area (Å²) in [6, 6.07) is 0. The van der Waals surface area contributed by atoms with Crippen molar-refractivity contribution in [2.24, 2.45) is 58.2 Å². The van der Waals surface area contributed by atoms with Gasteiger partial charge in [0.05, 0.1) is 11.9 Å². The van der Waals surface area contributed by atoms with Gasteiger partial charge in [-0.25, -0.2) is 0 Å². The van der Waals surface area contributed by atoms with Crippen molar-refractivity contribution < 1.29 is 22.9 Å². The molecule has 6 nitrogen and oxygen atoms in total. The number of hydrogen-bond donors (Lipinski definition) is 3. The average molecular weight is 526 g/mol. The highest BCUT2D eigenvalue weighted by atomic mass is 32.2. The van der Waals surface area contributed by atoms with E-state index in [1.807, 2.05) is 6.92 Å². The van der Waals surface area contributed by atoms with Gasteiger partial charge in [-0.1, -0.05) is 41.0 Å². The minimum atomic E-state index is -4.06. The molecule has 0 aliphatic heterocycles. The monoisotopic (exact) mass is 525 g/mol. The summed E-state index contributed by atoms with van der Waals surface area (Å²) in [5, 5.41) is 13.2. The summed E-state index contributed by atoms with van der Waals surface area (Å²) in [6.07, 6.45) is 11.6. The van der Waals surface area contributed by atoms with Crippen molar-refractivity contribution in [3.05, 3.63) is 0 Å². The summed E-state index contributed by atoms with van der Waals surface area (Å²) in [5.74, 6) is 4.08. The van der Waals surface area contributed by atoms with Gasteiger partial charge in [0.25, 0.3) is 10.1 Å². The molecular weight excluding hydrogens is 474 g/mol. The molecule has 36 heavy (non-hydrogen) atoms. The van der Waals surface area contributed by atoms with Gasteiger partial charge in [-0.2, -0.15) is 8.42 Å². The smallest absolute Gasteiger partial charge is 0.266 e. The Labute approximate surface area is 219 Å². The van der Waals surface area contributed by atoms with Crippen LogP contribution in [-0.2, 0) is 14.9 Å². The molecule has 0 bridgehead atoms. The Hall–Kier alpha value is -0.660. The van der Waals surface area contributed by atoms with Gasteiger partial charge in [0.2, 0.25) is 5.91 Å². The van der Waals surface area contributed by atoms with Gasteiger partial charge >= 0.3 is 0 Å². The maximum Gasteiger partial charge on any atom is 0.266 e. The molecule has 11 atom stereocenters. The molecule has 5 unspecified atom stereocenters. The Morgan fingerprint density at radius 1 is 1.00 bits per heavy atom. The van der Waals surface area contributed by atoms with Crippen LogP contribution < -0.4 is 5.32 Å². The van der Waals surface area contributed by atoms with E-state index in [2.05, 4.69) is 33.0 Å². The Bertz CT molecular complexity index is 907. The first-order chi connectivity index (χ1) is 16.8. The molecule has 3 N–H and O–H groups in total. The molecule has 0 heterocycles. The van der Waals surface area contributed by atoms with Gasteiger partial charge in [0.15, 0.2) is 0 Å². The maximum atomic E-state index is 12.6. The molecule has 4 fully saturated rings. The van der Waals surface area contributed by atoms with E-state index in [4.69, 9.17) is 4.55 Å². The third-order valence-corrected chi connectivity index (χ3v) is 12.7. The van der Waals surface area contributed by atoms with Crippen LogP contribution in [0.4, 0.5) is 0 Å². The molecule has 1 amide bonds. The second kappa shape index (κ2) is 10.5. The highest BCUT2D eigenvalue weighted by Gasteiger charge is 2.62. The number of aliphatic hydroxyl groups excluding tert-OH is 1. The van der Waals surface area contributed by atoms with E-state index in [9.17, 15) is 18.3 Å². The first-order valence-corrected chi connectivity index (χ1v) is 16.3. The number of fused-ring (bicyclic) bond motifs is 5. The van der Waals surface area contributed by atoms with Crippen LogP contribution in [-0.4, -0.2) is 42.4 Å². The molecule has 208 valence electrons. The van der Waals surface area contributed by atoms with E-state index < -0.39 is 15.9 Å². The van der Waals surface area contributed by atoms with Gasteiger partial charge in [0, 0.05) is 12.5 Å². The fourth-order valence-corrected chi connectivity index (χ4v) is 10.6. The van der Waals surface area contributed by atoms with E-state index >= 15 is 0 Å². The Morgan fingerprint density at radius 2 is 1.67 bits per heavy atom. The molecule has 7 heteroatoms. The number of carbonyl (C=O) groups excluding carboxylic acids is 1. The quantitative estimate of drug-likeness (QED) is 0.373. The van der Waals surface area contributed by atoms with Crippen LogP contribution in [0.1, 0.15) is 98.8 Å². The SMILES string of the molecule is CC[C@H]1CC2C(CC[C@@]3(C)C2CC[C@@H]3[C@H](C)CC(C)C(=O)NCCS(=O)(=O)O)[C@@]2(C)CC[C@@H](O)CC12. The zero-order valence-electron chi connectivity index (χ0n) is 23.2. The van der Waals surface area contributed by atoms with Gasteiger partial charge in [-0.15, -0.1) is 0 Å². The van der Waals surface area contributed by atoms with E-state index in [0.29, 0.717) is 28.6 Å². The zero-order valence-corrected chi connectivity index (χ0v) is 24.0. The Balaban J connectivity index is 1.43. The molecule has 0 spiro atoms. The lowest BCUT2D eigenvalue weighted by atomic mass is 9.42. The minimum Gasteiger partial charge on any atom is -0.393 e. The summed E-state index contributed by atoms with van der Waals surface area (Å²) < 4.78 is 30.8. The fourth-order valence-electron chi connectivity index (χ4n) is 10.2. The van der Waals surface area contributed by atoms with E-state index in [-0.39, 0.29) is 24.5 Å². The highest BCUT2D eigenvalue weighted by molar-refractivity contribution is 7.85. The predicted molar refractivity (Wildman–Crippen MR) is 143 cm³/mol. The molecule has 0 aromatic heterocycles. The summed E-state index contributed by atoms with van der Waals surface area (Å²) in [7, 11) is -4.06.